The summed E-state index contributed by atoms with van der Waals surface area (Å²) in [4.78, 5) is 0. The lowest BCUT2D eigenvalue weighted by Gasteiger charge is -2.23. The number of benzene rings is 1. The van der Waals surface area contributed by atoms with Crippen molar-refractivity contribution < 1.29 is 0 Å². The first-order valence-electron chi connectivity index (χ1n) is 5.55. The number of halogens is 2. The smallest absolute Gasteiger partial charge is 0.0229 e. The number of hydrogen-bond acceptors (Lipinski definition) is 1. The zero-order valence-corrected chi connectivity index (χ0v) is 12.8. The van der Waals surface area contributed by atoms with Crippen molar-refractivity contribution in [3.63, 3.8) is 0 Å². The van der Waals surface area contributed by atoms with E-state index < -0.39 is 0 Å². The average molecular weight is 352 g/mol. The Morgan fingerprint density at radius 1 is 1.25 bits per heavy atom. The molecule has 0 aliphatic heterocycles. The summed E-state index contributed by atoms with van der Waals surface area (Å²) in [6.07, 6.45) is 1.05. The zero-order chi connectivity index (χ0) is 12.0. The van der Waals surface area contributed by atoms with Gasteiger partial charge in [0.15, 0.2) is 0 Å². The molecule has 90 valence electrons. The van der Waals surface area contributed by atoms with Gasteiger partial charge in [0.05, 0.1) is 0 Å². The van der Waals surface area contributed by atoms with Crippen LogP contribution in [0.4, 0.5) is 0 Å². The van der Waals surface area contributed by atoms with Crippen LogP contribution in [0.5, 0.6) is 0 Å². The normalized spacial score (nSPS) is 11.8. The fourth-order valence-electron chi connectivity index (χ4n) is 1.49. The van der Waals surface area contributed by atoms with E-state index in [0.29, 0.717) is 0 Å². The molecule has 0 aromatic heterocycles. The van der Waals surface area contributed by atoms with Crippen LogP contribution in [0, 0.1) is 8.99 Å². The van der Waals surface area contributed by atoms with Crippen molar-refractivity contribution in [2.24, 2.45) is 5.41 Å². The molecule has 0 aliphatic carbocycles. The van der Waals surface area contributed by atoms with Crippen LogP contribution in [0.1, 0.15) is 25.8 Å². The van der Waals surface area contributed by atoms with E-state index in [2.05, 4.69) is 66.0 Å². The summed E-state index contributed by atoms with van der Waals surface area (Å²) in [7, 11) is 0. The van der Waals surface area contributed by atoms with Crippen LogP contribution in [0.3, 0.4) is 0 Å². The number of hydrogen-bond donors (Lipinski definition) is 1. The van der Waals surface area contributed by atoms with Crippen molar-refractivity contribution in [2.75, 3.05) is 12.4 Å². The molecule has 0 saturated heterocycles. The lowest BCUT2D eigenvalue weighted by Crippen LogP contribution is -2.29. The minimum Gasteiger partial charge on any atom is -0.312 e. The maximum atomic E-state index is 5.77. The summed E-state index contributed by atoms with van der Waals surface area (Å²) in [6, 6.07) is 8.62. The van der Waals surface area contributed by atoms with Gasteiger partial charge in [-0.2, -0.15) is 0 Å². The van der Waals surface area contributed by atoms with Gasteiger partial charge in [-0.15, -0.1) is 11.6 Å². The van der Waals surface area contributed by atoms with Gasteiger partial charge in [0.25, 0.3) is 0 Å². The highest BCUT2D eigenvalue weighted by molar-refractivity contribution is 14.1. The Kier molecular flexibility index (Phi) is 6.08. The fourth-order valence-corrected chi connectivity index (χ4v) is 2.36. The van der Waals surface area contributed by atoms with Crippen LogP contribution in [0.25, 0.3) is 0 Å². The third-order valence-electron chi connectivity index (χ3n) is 2.62. The van der Waals surface area contributed by atoms with Crippen LogP contribution in [0.15, 0.2) is 24.3 Å². The Balaban J connectivity index is 2.32. The first kappa shape index (κ1) is 14.3. The first-order chi connectivity index (χ1) is 7.53. The first-order valence-corrected chi connectivity index (χ1v) is 7.16. The Hall–Kier alpha value is 0.200. The molecule has 1 nitrogen and oxygen atoms in total. The lowest BCUT2D eigenvalue weighted by molar-refractivity contribution is 0.329. The monoisotopic (exact) mass is 351 g/mol. The van der Waals surface area contributed by atoms with E-state index in [4.69, 9.17) is 11.6 Å². The summed E-state index contributed by atoms with van der Waals surface area (Å²) < 4.78 is 1.28. The largest absolute Gasteiger partial charge is 0.312 e. The maximum absolute atomic E-state index is 5.77. The molecular weight excluding hydrogens is 333 g/mol. The second-order valence-corrected chi connectivity index (χ2v) is 6.46. The van der Waals surface area contributed by atoms with E-state index in [-0.39, 0.29) is 5.41 Å². The van der Waals surface area contributed by atoms with Gasteiger partial charge in [0.1, 0.15) is 0 Å². The zero-order valence-electron chi connectivity index (χ0n) is 9.89. The van der Waals surface area contributed by atoms with Crippen molar-refractivity contribution in [2.45, 2.75) is 26.8 Å². The summed E-state index contributed by atoms with van der Waals surface area (Å²) in [5, 5.41) is 3.49. The molecule has 0 atom stereocenters. The number of alkyl halides is 1. The van der Waals surface area contributed by atoms with E-state index in [1.165, 1.54) is 9.13 Å². The van der Waals surface area contributed by atoms with Crippen molar-refractivity contribution in [3.8, 4) is 0 Å². The Morgan fingerprint density at radius 2 is 1.88 bits per heavy atom. The third kappa shape index (κ3) is 5.51. The summed E-state index contributed by atoms with van der Waals surface area (Å²) in [5.74, 6) is 0.734. The van der Waals surface area contributed by atoms with E-state index >= 15 is 0 Å². The quantitative estimate of drug-likeness (QED) is 0.602. The Labute approximate surface area is 117 Å². The van der Waals surface area contributed by atoms with Gasteiger partial charge >= 0.3 is 0 Å². The minimum absolute atomic E-state index is 0.283. The van der Waals surface area contributed by atoms with Crippen molar-refractivity contribution in [3.05, 3.63) is 33.4 Å². The second-order valence-electron chi connectivity index (χ2n) is 4.83. The maximum Gasteiger partial charge on any atom is 0.0229 e. The van der Waals surface area contributed by atoms with Gasteiger partial charge in [-0.25, -0.2) is 0 Å². The molecule has 0 aliphatic rings. The van der Waals surface area contributed by atoms with E-state index in [0.717, 1.165) is 25.4 Å². The highest BCUT2D eigenvalue weighted by atomic mass is 127. The molecule has 1 N–H and O–H groups in total. The lowest BCUT2D eigenvalue weighted by atomic mass is 9.90. The molecule has 0 unspecified atom stereocenters. The van der Waals surface area contributed by atoms with Crippen molar-refractivity contribution in [1.82, 2.24) is 5.32 Å². The van der Waals surface area contributed by atoms with Crippen molar-refractivity contribution in [1.29, 1.82) is 0 Å². The SMILES string of the molecule is CC(C)(CCCl)CNCc1ccc(I)cc1. The van der Waals surface area contributed by atoms with Gasteiger partial charge in [0, 0.05) is 22.5 Å². The molecule has 16 heavy (non-hydrogen) atoms. The Morgan fingerprint density at radius 3 is 2.44 bits per heavy atom. The number of rotatable bonds is 6. The third-order valence-corrected chi connectivity index (χ3v) is 3.53. The van der Waals surface area contributed by atoms with Gasteiger partial charge in [0.2, 0.25) is 0 Å². The molecule has 1 rings (SSSR count). The highest BCUT2D eigenvalue weighted by Gasteiger charge is 2.15. The molecule has 0 amide bonds. The molecule has 0 radical (unpaired) electrons. The molecular formula is C13H19ClIN. The molecule has 0 spiro atoms. The second kappa shape index (κ2) is 6.82. The van der Waals surface area contributed by atoms with E-state index in [1.54, 1.807) is 0 Å². The highest BCUT2D eigenvalue weighted by Crippen LogP contribution is 2.19. The van der Waals surface area contributed by atoms with Gasteiger partial charge < -0.3 is 5.32 Å². The topological polar surface area (TPSA) is 12.0 Å². The van der Waals surface area contributed by atoms with Crippen LogP contribution >= 0.6 is 34.2 Å². The summed E-state index contributed by atoms with van der Waals surface area (Å²) in [6.45, 7) is 6.43. The standard InChI is InChI=1S/C13H19ClIN/c1-13(2,7-8-14)10-16-9-11-3-5-12(15)6-4-11/h3-6,16H,7-10H2,1-2H3. The predicted octanol–water partition coefficient (Wildman–Crippen LogP) is 4.04. The minimum atomic E-state index is 0.283. The van der Waals surface area contributed by atoms with Gasteiger partial charge in [-0.3, -0.25) is 0 Å². The molecule has 3 heteroatoms. The van der Waals surface area contributed by atoms with Crippen LogP contribution in [0.2, 0.25) is 0 Å². The van der Waals surface area contributed by atoms with Crippen molar-refractivity contribution >= 4 is 34.2 Å². The van der Waals surface area contributed by atoms with E-state index in [9.17, 15) is 0 Å². The van der Waals surface area contributed by atoms with Crippen LogP contribution in [-0.2, 0) is 6.54 Å². The molecule has 0 saturated carbocycles. The van der Waals surface area contributed by atoms with Crippen LogP contribution in [-0.4, -0.2) is 12.4 Å². The van der Waals surface area contributed by atoms with Gasteiger partial charge in [-0.05, 0) is 52.1 Å². The number of nitrogens with one attached hydrogen (secondary N) is 1. The van der Waals surface area contributed by atoms with Gasteiger partial charge in [-0.1, -0.05) is 26.0 Å². The molecule has 1 aromatic rings. The predicted molar refractivity (Wildman–Crippen MR) is 80.0 cm³/mol. The van der Waals surface area contributed by atoms with Crippen LogP contribution < -0.4 is 5.32 Å². The summed E-state index contributed by atoms with van der Waals surface area (Å²) in [5.41, 5.74) is 1.62. The molecule has 0 heterocycles. The molecule has 1 aromatic carbocycles. The fraction of sp³-hybridized carbons (Fsp3) is 0.538. The van der Waals surface area contributed by atoms with E-state index in [1.807, 2.05) is 0 Å². The molecule has 0 bridgehead atoms. The Bertz CT molecular complexity index is 308. The average Bonchev–Trinajstić information content (AvgIpc) is 2.20. The molecule has 0 fully saturated rings. The summed E-state index contributed by atoms with van der Waals surface area (Å²) >= 11 is 8.09.